The third-order valence-corrected chi connectivity index (χ3v) is 3.82. The van der Waals surface area contributed by atoms with Crippen LogP contribution in [0, 0.1) is 0 Å². The molecule has 1 heterocycles. The molecule has 100 valence electrons. The number of thioether (sulfide) groups is 1. The number of hydrogen-bond donors (Lipinski definition) is 2. The first-order chi connectivity index (χ1) is 9.06. The largest absolute Gasteiger partial charge is 0.368 e. The summed E-state index contributed by atoms with van der Waals surface area (Å²) < 4.78 is 2.55. The summed E-state index contributed by atoms with van der Waals surface area (Å²) >= 11 is 4.63. The molecule has 0 aliphatic heterocycles. The summed E-state index contributed by atoms with van der Waals surface area (Å²) in [6, 6.07) is 7.42. The average Bonchev–Trinajstić information content (AvgIpc) is 2.68. The van der Waals surface area contributed by atoms with Gasteiger partial charge in [0.15, 0.2) is 5.16 Å². The second-order valence-corrected chi connectivity index (χ2v) is 5.61. The number of hydrogen-bond acceptors (Lipinski definition) is 5. The summed E-state index contributed by atoms with van der Waals surface area (Å²) in [5.41, 5.74) is 6.31. The van der Waals surface area contributed by atoms with Crippen molar-refractivity contribution in [2.45, 2.75) is 5.16 Å². The molecule has 0 aliphatic rings. The van der Waals surface area contributed by atoms with Crippen molar-refractivity contribution in [3.8, 4) is 0 Å². The number of carbonyl (C=O) groups is 1. The van der Waals surface area contributed by atoms with Crippen LogP contribution in [0.2, 0.25) is 0 Å². The van der Waals surface area contributed by atoms with Gasteiger partial charge in [-0.25, -0.2) is 0 Å². The Morgan fingerprint density at radius 2 is 2.32 bits per heavy atom. The Balaban J connectivity index is 1.90. The van der Waals surface area contributed by atoms with E-state index < -0.39 is 0 Å². The molecule has 3 N–H and O–H groups in total. The fraction of sp³-hybridized carbons (Fsp3) is 0.182. The molecule has 0 fully saturated rings. The van der Waals surface area contributed by atoms with E-state index in [1.165, 1.54) is 11.8 Å². The summed E-state index contributed by atoms with van der Waals surface area (Å²) in [4.78, 5) is 11.8. The molecule has 6 nitrogen and oxygen atoms in total. The minimum Gasteiger partial charge on any atom is -0.368 e. The number of carbonyl (C=O) groups excluding carboxylic acids is 1. The summed E-state index contributed by atoms with van der Waals surface area (Å²) in [6.07, 6.45) is 0. The van der Waals surface area contributed by atoms with Crippen LogP contribution >= 0.6 is 27.7 Å². The maximum absolute atomic E-state index is 11.8. The molecule has 0 saturated carbocycles. The van der Waals surface area contributed by atoms with Crippen molar-refractivity contribution in [3.63, 3.8) is 0 Å². The first-order valence-corrected chi connectivity index (χ1v) is 7.17. The van der Waals surface area contributed by atoms with Crippen LogP contribution in [0.4, 0.5) is 11.6 Å². The van der Waals surface area contributed by atoms with E-state index in [-0.39, 0.29) is 11.7 Å². The monoisotopic (exact) mass is 341 g/mol. The van der Waals surface area contributed by atoms with Crippen molar-refractivity contribution < 1.29 is 4.79 Å². The lowest BCUT2D eigenvalue weighted by molar-refractivity contribution is -0.113. The second kappa shape index (κ2) is 6.07. The Hall–Kier alpha value is -1.54. The third-order valence-electron chi connectivity index (χ3n) is 2.31. The lowest BCUT2D eigenvalue weighted by atomic mass is 10.3. The van der Waals surface area contributed by atoms with Crippen LogP contribution in [-0.2, 0) is 11.8 Å². The Morgan fingerprint density at radius 1 is 1.53 bits per heavy atom. The van der Waals surface area contributed by atoms with Gasteiger partial charge in [-0.2, -0.15) is 0 Å². The number of halogens is 1. The number of nitrogen functional groups attached to an aromatic ring is 1. The molecule has 1 aromatic heterocycles. The van der Waals surface area contributed by atoms with E-state index in [0.29, 0.717) is 11.1 Å². The minimum absolute atomic E-state index is 0.107. The van der Waals surface area contributed by atoms with Gasteiger partial charge in [0.2, 0.25) is 11.9 Å². The molecular weight excluding hydrogens is 330 g/mol. The fourth-order valence-electron chi connectivity index (χ4n) is 1.35. The number of anilines is 2. The number of nitrogens with one attached hydrogen (secondary N) is 1. The van der Waals surface area contributed by atoms with Gasteiger partial charge < -0.3 is 11.1 Å². The van der Waals surface area contributed by atoms with Gasteiger partial charge >= 0.3 is 0 Å². The molecule has 1 aromatic carbocycles. The fourth-order valence-corrected chi connectivity index (χ4v) is 2.46. The standard InChI is InChI=1S/C11H12BrN5OS/c1-17-10(13)15-16-11(17)19-6-9(18)14-8-4-2-3-7(12)5-8/h2-5H,6H2,1H3,(H2,13,15)(H,14,18). The van der Waals surface area contributed by atoms with E-state index in [1.54, 1.807) is 11.6 Å². The van der Waals surface area contributed by atoms with Crippen LogP contribution in [0.1, 0.15) is 0 Å². The van der Waals surface area contributed by atoms with E-state index in [4.69, 9.17) is 5.73 Å². The first-order valence-electron chi connectivity index (χ1n) is 5.39. The van der Waals surface area contributed by atoms with Crippen LogP contribution in [0.25, 0.3) is 0 Å². The zero-order valence-corrected chi connectivity index (χ0v) is 12.5. The van der Waals surface area contributed by atoms with Gasteiger partial charge in [-0.05, 0) is 18.2 Å². The Labute approximate surface area is 122 Å². The van der Waals surface area contributed by atoms with Crippen molar-refractivity contribution in [1.82, 2.24) is 14.8 Å². The van der Waals surface area contributed by atoms with Crippen molar-refractivity contribution in [3.05, 3.63) is 28.7 Å². The predicted octanol–water partition coefficient (Wildman–Crippen LogP) is 1.89. The van der Waals surface area contributed by atoms with E-state index in [2.05, 4.69) is 31.4 Å². The predicted molar refractivity (Wildman–Crippen MR) is 78.9 cm³/mol. The zero-order chi connectivity index (χ0) is 13.8. The molecule has 8 heteroatoms. The molecule has 0 atom stereocenters. The third kappa shape index (κ3) is 3.71. The van der Waals surface area contributed by atoms with Gasteiger partial charge in [-0.15, -0.1) is 10.2 Å². The lowest BCUT2D eigenvalue weighted by Crippen LogP contribution is -2.14. The van der Waals surface area contributed by atoms with E-state index in [9.17, 15) is 4.79 Å². The van der Waals surface area contributed by atoms with E-state index in [1.807, 2.05) is 24.3 Å². The van der Waals surface area contributed by atoms with Gasteiger partial charge in [-0.3, -0.25) is 9.36 Å². The Bertz CT molecular complexity index is 601. The highest BCUT2D eigenvalue weighted by molar-refractivity contribution is 9.10. The molecule has 2 rings (SSSR count). The summed E-state index contributed by atoms with van der Waals surface area (Å²) in [7, 11) is 1.75. The molecule has 0 unspecified atom stereocenters. The molecule has 2 aromatic rings. The van der Waals surface area contributed by atoms with Crippen LogP contribution in [0.3, 0.4) is 0 Å². The van der Waals surface area contributed by atoms with Crippen LogP contribution in [0.5, 0.6) is 0 Å². The molecule has 0 saturated heterocycles. The van der Waals surface area contributed by atoms with Crippen LogP contribution < -0.4 is 11.1 Å². The van der Waals surface area contributed by atoms with Crippen LogP contribution in [0.15, 0.2) is 33.9 Å². The zero-order valence-electron chi connectivity index (χ0n) is 10.1. The molecule has 0 radical (unpaired) electrons. The normalized spacial score (nSPS) is 10.4. The molecule has 1 amide bonds. The number of amides is 1. The van der Waals surface area contributed by atoms with Crippen molar-refractivity contribution >= 4 is 45.2 Å². The maximum Gasteiger partial charge on any atom is 0.234 e. The van der Waals surface area contributed by atoms with Crippen LogP contribution in [-0.4, -0.2) is 26.4 Å². The lowest BCUT2D eigenvalue weighted by Gasteiger charge is -2.05. The highest BCUT2D eigenvalue weighted by Gasteiger charge is 2.09. The Morgan fingerprint density at radius 3 is 2.95 bits per heavy atom. The molecule has 19 heavy (non-hydrogen) atoms. The van der Waals surface area contributed by atoms with E-state index >= 15 is 0 Å². The summed E-state index contributed by atoms with van der Waals surface area (Å²) in [5.74, 6) is 0.470. The molecule has 0 aliphatic carbocycles. The number of nitrogens with zero attached hydrogens (tertiary/aromatic N) is 3. The minimum atomic E-state index is -0.107. The van der Waals surface area contributed by atoms with Gasteiger partial charge in [0.05, 0.1) is 5.75 Å². The maximum atomic E-state index is 11.8. The van der Waals surface area contributed by atoms with Gasteiger partial charge in [0.1, 0.15) is 0 Å². The van der Waals surface area contributed by atoms with Gasteiger partial charge in [0, 0.05) is 17.2 Å². The number of benzene rings is 1. The van der Waals surface area contributed by atoms with Gasteiger partial charge in [0.25, 0.3) is 0 Å². The summed E-state index contributed by atoms with van der Waals surface area (Å²) in [5, 5.41) is 11.0. The highest BCUT2D eigenvalue weighted by atomic mass is 79.9. The quantitative estimate of drug-likeness (QED) is 0.829. The summed E-state index contributed by atoms with van der Waals surface area (Å²) in [6.45, 7) is 0. The van der Waals surface area contributed by atoms with Crippen molar-refractivity contribution in [2.24, 2.45) is 7.05 Å². The number of rotatable bonds is 4. The second-order valence-electron chi connectivity index (χ2n) is 3.75. The highest BCUT2D eigenvalue weighted by Crippen LogP contribution is 2.18. The van der Waals surface area contributed by atoms with Crippen molar-refractivity contribution in [1.29, 1.82) is 0 Å². The SMILES string of the molecule is Cn1c(N)nnc1SCC(=O)Nc1cccc(Br)c1. The van der Waals surface area contributed by atoms with E-state index in [0.717, 1.165) is 10.2 Å². The van der Waals surface area contributed by atoms with Crippen molar-refractivity contribution in [2.75, 3.05) is 16.8 Å². The number of nitrogens with two attached hydrogens (primary N) is 1. The Kier molecular flexibility index (Phi) is 4.43. The smallest absolute Gasteiger partial charge is 0.234 e. The number of aromatic nitrogens is 3. The molecule has 0 spiro atoms. The molecular formula is C11H12BrN5OS. The van der Waals surface area contributed by atoms with Gasteiger partial charge in [-0.1, -0.05) is 33.8 Å². The average molecular weight is 342 g/mol. The molecule has 0 bridgehead atoms. The topological polar surface area (TPSA) is 85.8 Å². The first kappa shape index (κ1) is 13.9.